The second kappa shape index (κ2) is 11.5. The number of azide groups is 1. The van der Waals surface area contributed by atoms with Gasteiger partial charge in [-0.25, -0.2) is 4.79 Å². The molecule has 1 saturated carbocycles. The van der Waals surface area contributed by atoms with Gasteiger partial charge in [-0.1, -0.05) is 57.5 Å². The average Bonchev–Trinajstić information content (AvgIpc) is 2.63. The summed E-state index contributed by atoms with van der Waals surface area (Å²) in [6.45, 7) is 9.12. The highest BCUT2D eigenvalue weighted by Crippen LogP contribution is 2.30. The number of carbonyl (C=O) groups excluding carboxylic acids is 1. The Kier molecular flexibility index (Phi) is 10.1. The van der Waals surface area contributed by atoms with Crippen LogP contribution in [0.25, 0.3) is 10.4 Å². The van der Waals surface area contributed by atoms with E-state index in [1.165, 1.54) is 6.42 Å². The van der Waals surface area contributed by atoms with Crippen molar-refractivity contribution in [1.29, 1.82) is 0 Å². The third-order valence-electron chi connectivity index (χ3n) is 5.55. The van der Waals surface area contributed by atoms with Gasteiger partial charge >= 0.3 is 6.09 Å². The summed E-state index contributed by atoms with van der Waals surface area (Å²) in [5, 5.41) is 28.1. The van der Waals surface area contributed by atoms with E-state index in [2.05, 4.69) is 15.3 Å². The van der Waals surface area contributed by atoms with Gasteiger partial charge < -0.3 is 20.3 Å². The molecule has 1 fully saturated rings. The number of nitrogens with zero attached hydrogens (tertiary/aromatic N) is 3. The van der Waals surface area contributed by atoms with Gasteiger partial charge in [0.15, 0.2) is 0 Å². The van der Waals surface area contributed by atoms with Crippen LogP contribution in [0.2, 0.25) is 0 Å². The Bertz CT molecular complexity index is 525. The molecule has 3 N–H and O–H groups in total. The van der Waals surface area contributed by atoms with Crippen LogP contribution in [0.3, 0.4) is 0 Å². The molecule has 1 aliphatic carbocycles. The minimum atomic E-state index is -1.26. The molecule has 28 heavy (non-hydrogen) atoms. The number of hydrogen-bond donors (Lipinski definition) is 3. The monoisotopic (exact) mass is 398 g/mol. The van der Waals surface area contributed by atoms with E-state index in [0.29, 0.717) is 18.8 Å². The molecule has 0 aromatic carbocycles. The van der Waals surface area contributed by atoms with Gasteiger partial charge in [-0.15, -0.1) is 0 Å². The van der Waals surface area contributed by atoms with Gasteiger partial charge in [0.25, 0.3) is 0 Å². The van der Waals surface area contributed by atoms with Gasteiger partial charge in [-0.2, -0.15) is 0 Å². The molecule has 5 atom stereocenters. The molecule has 0 aliphatic heterocycles. The largest absolute Gasteiger partial charge is 0.444 e. The van der Waals surface area contributed by atoms with Crippen molar-refractivity contribution < 1.29 is 19.7 Å². The molecule has 1 aliphatic rings. The van der Waals surface area contributed by atoms with Crippen molar-refractivity contribution in [3.05, 3.63) is 10.4 Å². The van der Waals surface area contributed by atoms with Crippen LogP contribution >= 0.6 is 0 Å². The Morgan fingerprint density at radius 2 is 1.86 bits per heavy atom. The van der Waals surface area contributed by atoms with Crippen molar-refractivity contribution in [3.8, 4) is 0 Å². The van der Waals surface area contributed by atoms with Crippen LogP contribution in [-0.2, 0) is 4.74 Å². The quantitative estimate of drug-likeness (QED) is 0.304. The van der Waals surface area contributed by atoms with E-state index >= 15 is 0 Å². The standard InChI is InChI=1S/C20H38N4O4/c1-6-13(2)16(22-19(27)28-20(3,4)5)18(26)17(25)15(23-24-21)12-14-10-8-7-9-11-14/h13-18,25-26H,6-12H2,1-5H3,(H,22,27)/t13-,15-,16-,17-,18-/m0/s1. The molecule has 1 rings (SSSR count). The first kappa shape index (κ1) is 24.5. The number of ether oxygens (including phenoxy) is 1. The number of rotatable bonds is 9. The topological polar surface area (TPSA) is 128 Å². The molecule has 1 amide bonds. The lowest BCUT2D eigenvalue weighted by molar-refractivity contribution is -0.0350. The molecule has 0 aromatic rings. The zero-order valence-electron chi connectivity index (χ0n) is 18.0. The predicted octanol–water partition coefficient (Wildman–Crippen LogP) is 4.30. The van der Waals surface area contributed by atoms with E-state index in [9.17, 15) is 15.0 Å². The highest BCUT2D eigenvalue weighted by molar-refractivity contribution is 5.68. The Labute approximate surface area is 168 Å². The SMILES string of the molecule is CC[C@H](C)[C@H](NC(=O)OC(C)(C)C)[C@H](O)[C@@H](O)[C@H](CC1CCCCC1)N=[N+]=[N-]. The third kappa shape index (κ3) is 8.25. The van der Waals surface area contributed by atoms with Crippen LogP contribution in [-0.4, -0.2) is 46.2 Å². The molecule has 0 unspecified atom stereocenters. The maximum atomic E-state index is 12.2. The summed E-state index contributed by atoms with van der Waals surface area (Å²) in [6, 6.07) is -1.44. The first-order valence-electron chi connectivity index (χ1n) is 10.5. The number of hydrogen-bond acceptors (Lipinski definition) is 5. The van der Waals surface area contributed by atoms with E-state index in [-0.39, 0.29) is 5.92 Å². The Morgan fingerprint density at radius 3 is 2.36 bits per heavy atom. The predicted molar refractivity (Wildman–Crippen MR) is 109 cm³/mol. The molecule has 0 aromatic heterocycles. The normalized spacial score (nSPS) is 21.0. The number of aliphatic hydroxyl groups excluding tert-OH is 2. The van der Waals surface area contributed by atoms with Crippen LogP contribution in [0.4, 0.5) is 4.79 Å². The van der Waals surface area contributed by atoms with Crippen LogP contribution in [0.1, 0.15) is 79.6 Å². The first-order chi connectivity index (χ1) is 13.1. The van der Waals surface area contributed by atoms with Crippen molar-refractivity contribution >= 4 is 6.09 Å². The third-order valence-corrected chi connectivity index (χ3v) is 5.55. The average molecular weight is 399 g/mol. The zero-order chi connectivity index (χ0) is 21.3. The number of alkyl carbamates (subject to hydrolysis) is 1. The highest BCUT2D eigenvalue weighted by atomic mass is 16.6. The van der Waals surface area contributed by atoms with E-state index in [1.807, 2.05) is 13.8 Å². The van der Waals surface area contributed by atoms with Gasteiger partial charge in [-0.3, -0.25) is 0 Å². The maximum absolute atomic E-state index is 12.2. The molecule has 0 bridgehead atoms. The Morgan fingerprint density at radius 1 is 1.25 bits per heavy atom. The second-order valence-corrected chi connectivity index (χ2v) is 9.05. The summed E-state index contributed by atoms with van der Waals surface area (Å²) in [5.74, 6) is 0.283. The number of nitrogens with one attached hydrogen (secondary N) is 1. The summed E-state index contributed by atoms with van der Waals surface area (Å²) in [4.78, 5) is 15.1. The van der Waals surface area contributed by atoms with Crippen molar-refractivity contribution in [2.45, 2.75) is 109 Å². The molecule has 0 radical (unpaired) electrons. The molecule has 8 nitrogen and oxygen atoms in total. The fraction of sp³-hybridized carbons (Fsp3) is 0.950. The summed E-state index contributed by atoms with van der Waals surface area (Å²) in [6.07, 6.45) is 3.66. The summed E-state index contributed by atoms with van der Waals surface area (Å²) in [7, 11) is 0. The second-order valence-electron chi connectivity index (χ2n) is 9.05. The van der Waals surface area contributed by atoms with Crippen LogP contribution in [0.15, 0.2) is 5.11 Å². The smallest absolute Gasteiger partial charge is 0.407 e. The lowest BCUT2D eigenvalue weighted by Gasteiger charge is -2.35. The van der Waals surface area contributed by atoms with Crippen LogP contribution in [0, 0.1) is 11.8 Å². The van der Waals surface area contributed by atoms with Gasteiger partial charge in [-0.05, 0) is 44.6 Å². The Hall–Kier alpha value is -1.50. The highest BCUT2D eigenvalue weighted by Gasteiger charge is 2.37. The number of aliphatic hydroxyl groups is 2. The van der Waals surface area contributed by atoms with Gasteiger partial charge in [0.1, 0.15) is 11.7 Å². The first-order valence-corrected chi connectivity index (χ1v) is 10.5. The molecule has 0 heterocycles. The minimum absolute atomic E-state index is 0.0986. The Balaban J connectivity index is 2.88. The van der Waals surface area contributed by atoms with Crippen LogP contribution < -0.4 is 5.32 Å². The number of carbonyl (C=O) groups is 1. The molecular weight excluding hydrogens is 360 g/mol. The zero-order valence-corrected chi connectivity index (χ0v) is 18.0. The molecular formula is C20H38N4O4. The molecule has 8 heteroatoms. The van der Waals surface area contributed by atoms with E-state index < -0.39 is 36.0 Å². The van der Waals surface area contributed by atoms with Crippen LogP contribution in [0.5, 0.6) is 0 Å². The van der Waals surface area contributed by atoms with Gasteiger partial charge in [0.05, 0.1) is 18.2 Å². The maximum Gasteiger partial charge on any atom is 0.407 e. The molecule has 0 saturated heterocycles. The summed E-state index contributed by atoms with van der Waals surface area (Å²) >= 11 is 0. The van der Waals surface area contributed by atoms with Crippen molar-refractivity contribution in [2.24, 2.45) is 17.0 Å². The molecule has 0 spiro atoms. The lowest BCUT2D eigenvalue weighted by Crippen LogP contribution is -2.55. The van der Waals surface area contributed by atoms with Crippen molar-refractivity contribution in [1.82, 2.24) is 5.32 Å². The fourth-order valence-corrected chi connectivity index (χ4v) is 3.79. The number of amides is 1. The fourth-order valence-electron chi connectivity index (χ4n) is 3.79. The van der Waals surface area contributed by atoms with Crippen molar-refractivity contribution in [2.75, 3.05) is 0 Å². The van der Waals surface area contributed by atoms with E-state index in [1.54, 1.807) is 20.8 Å². The van der Waals surface area contributed by atoms with E-state index in [0.717, 1.165) is 25.7 Å². The summed E-state index contributed by atoms with van der Waals surface area (Å²) < 4.78 is 5.30. The van der Waals surface area contributed by atoms with Gasteiger partial charge in [0.2, 0.25) is 0 Å². The summed E-state index contributed by atoms with van der Waals surface area (Å²) in [5.41, 5.74) is 8.28. The minimum Gasteiger partial charge on any atom is -0.444 e. The lowest BCUT2D eigenvalue weighted by atomic mass is 9.81. The van der Waals surface area contributed by atoms with E-state index in [4.69, 9.17) is 10.3 Å². The van der Waals surface area contributed by atoms with Crippen molar-refractivity contribution in [3.63, 3.8) is 0 Å². The molecule has 162 valence electrons. The van der Waals surface area contributed by atoms with Gasteiger partial charge in [0, 0.05) is 4.91 Å².